The third-order valence-electron chi connectivity index (χ3n) is 4.47. The molecule has 0 amide bonds. The van der Waals surface area contributed by atoms with Crippen LogP contribution in [0.15, 0.2) is 12.2 Å². The second-order valence-electron chi connectivity index (χ2n) is 5.98. The van der Waals surface area contributed by atoms with Crippen LogP contribution in [0.1, 0.15) is 40.0 Å². The zero-order valence-electron chi connectivity index (χ0n) is 12.4. The van der Waals surface area contributed by atoms with Crippen molar-refractivity contribution in [1.82, 2.24) is 0 Å². The molecule has 2 aliphatic rings. The Kier molecular flexibility index (Phi) is 4.65. The lowest BCUT2D eigenvalue weighted by Crippen LogP contribution is -2.14. The largest absolute Gasteiger partial charge is 0.462 e. The number of rotatable bonds is 4. The van der Waals surface area contributed by atoms with Crippen LogP contribution < -0.4 is 0 Å². The van der Waals surface area contributed by atoms with E-state index in [9.17, 15) is 9.59 Å². The maximum Gasteiger partial charge on any atom is 0.306 e. The van der Waals surface area contributed by atoms with E-state index in [1.165, 1.54) is 0 Å². The molecule has 3 heteroatoms. The molecule has 1 aliphatic heterocycles. The van der Waals surface area contributed by atoms with Crippen molar-refractivity contribution in [3.8, 4) is 11.8 Å². The maximum absolute atomic E-state index is 12.0. The number of ether oxygens (including phenoxy) is 1. The first-order valence-corrected chi connectivity index (χ1v) is 7.34. The van der Waals surface area contributed by atoms with Crippen LogP contribution in [0, 0.1) is 35.5 Å². The lowest BCUT2D eigenvalue weighted by atomic mass is 9.87. The average molecular weight is 274 g/mol. The van der Waals surface area contributed by atoms with Gasteiger partial charge >= 0.3 is 5.97 Å². The molecule has 1 saturated carbocycles. The molecular weight excluding hydrogens is 252 g/mol. The predicted octanol–water partition coefficient (Wildman–Crippen LogP) is 2.75. The van der Waals surface area contributed by atoms with Gasteiger partial charge < -0.3 is 4.74 Å². The summed E-state index contributed by atoms with van der Waals surface area (Å²) in [7, 11) is 0. The van der Waals surface area contributed by atoms with E-state index in [1.54, 1.807) is 13.0 Å². The fraction of sp³-hybridized carbons (Fsp3) is 0.647. The SMILES string of the molecule is CC#CCC(C)C(=O)/C=C/[C@@H]1[C@H]2CC(=O)O[C@H]2C[C@H]1C. The van der Waals surface area contributed by atoms with Crippen molar-refractivity contribution in [1.29, 1.82) is 0 Å². The summed E-state index contributed by atoms with van der Waals surface area (Å²) in [5, 5.41) is 0. The summed E-state index contributed by atoms with van der Waals surface area (Å²) in [6.45, 7) is 5.85. The maximum atomic E-state index is 12.0. The highest BCUT2D eigenvalue weighted by Gasteiger charge is 2.47. The Morgan fingerprint density at radius 3 is 3.00 bits per heavy atom. The van der Waals surface area contributed by atoms with E-state index in [0.717, 1.165) is 6.42 Å². The van der Waals surface area contributed by atoms with E-state index in [-0.39, 0.29) is 35.6 Å². The summed E-state index contributed by atoms with van der Waals surface area (Å²) < 4.78 is 5.32. The molecule has 1 heterocycles. The number of ketones is 1. The number of carbonyl (C=O) groups is 2. The molecule has 108 valence electrons. The second kappa shape index (κ2) is 6.26. The van der Waals surface area contributed by atoms with Crippen LogP contribution in [-0.4, -0.2) is 17.9 Å². The summed E-state index contributed by atoms with van der Waals surface area (Å²) in [6, 6.07) is 0. The number of hydrogen-bond donors (Lipinski definition) is 0. The molecule has 3 nitrogen and oxygen atoms in total. The molecule has 0 aromatic heterocycles. The van der Waals surface area contributed by atoms with Crippen LogP contribution in [-0.2, 0) is 14.3 Å². The Morgan fingerprint density at radius 2 is 2.30 bits per heavy atom. The zero-order valence-corrected chi connectivity index (χ0v) is 12.4. The average Bonchev–Trinajstić information content (AvgIpc) is 2.88. The van der Waals surface area contributed by atoms with Crippen LogP contribution in [0.5, 0.6) is 0 Å². The van der Waals surface area contributed by atoms with Gasteiger partial charge in [-0.05, 0) is 31.3 Å². The van der Waals surface area contributed by atoms with E-state index in [0.29, 0.717) is 18.8 Å². The Morgan fingerprint density at radius 1 is 1.55 bits per heavy atom. The Labute approximate surface area is 120 Å². The first kappa shape index (κ1) is 14.8. The molecule has 0 N–H and O–H groups in total. The minimum Gasteiger partial charge on any atom is -0.462 e. The monoisotopic (exact) mass is 274 g/mol. The molecule has 0 radical (unpaired) electrons. The van der Waals surface area contributed by atoms with E-state index in [2.05, 4.69) is 18.8 Å². The number of fused-ring (bicyclic) bond motifs is 1. The van der Waals surface area contributed by atoms with Gasteiger partial charge in [-0.1, -0.05) is 19.9 Å². The highest BCUT2D eigenvalue weighted by atomic mass is 16.6. The highest BCUT2D eigenvalue weighted by Crippen LogP contribution is 2.45. The van der Waals surface area contributed by atoms with Gasteiger partial charge in [-0.3, -0.25) is 9.59 Å². The molecule has 2 rings (SSSR count). The molecule has 0 bridgehead atoms. The predicted molar refractivity (Wildman–Crippen MR) is 76.6 cm³/mol. The van der Waals surface area contributed by atoms with Gasteiger partial charge in [-0.15, -0.1) is 11.8 Å². The van der Waals surface area contributed by atoms with E-state index in [4.69, 9.17) is 4.74 Å². The van der Waals surface area contributed by atoms with Crippen LogP contribution in [0.4, 0.5) is 0 Å². The first-order valence-electron chi connectivity index (χ1n) is 7.34. The normalized spacial score (nSPS) is 33.5. The van der Waals surface area contributed by atoms with Crippen LogP contribution in [0.2, 0.25) is 0 Å². The quantitative estimate of drug-likeness (QED) is 0.450. The van der Waals surface area contributed by atoms with Crippen molar-refractivity contribution in [2.45, 2.75) is 46.1 Å². The van der Waals surface area contributed by atoms with Gasteiger partial charge in [0.15, 0.2) is 5.78 Å². The Bertz CT molecular complexity index is 480. The van der Waals surface area contributed by atoms with E-state index in [1.807, 2.05) is 13.0 Å². The van der Waals surface area contributed by atoms with Crippen molar-refractivity contribution in [3.05, 3.63) is 12.2 Å². The molecule has 0 aromatic carbocycles. The third kappa shape index (κ3) is 3.12. The summed E-state index contributed by atoms with van der Waals surface area (Å²) in [5.74, 6) is 6.71. The third-order valence-corrected chi connectivity index (χ3v) is 4.47. The second-order valence-corrected chi connectivity index (χ2v) is 5.98. The van der Waals surface area contributed by atoms with Crippen molar-refractivity contribution in [2.75, 3.05) is 0 Å². The number of hydrogen-bond acceptors (Lipinski definition) is 3. The summed E-state index contributed by atoms with van der Waals surface area (Å²) in [5.41, 5.74) is 0. The van der Waals surface area contributed by atoms with Crippen LogP contribution in [0.3, 0.4) is 0 Å². The number of allylic oxidation sites excluding steroid dienone is 2. The zero-order chi connectivity index (χ0) is 14.7. The molecule has 20 heavy (non-hydrogen) atoms. The van der Waals surface area contributed by atoms with Crippen molar-refractivity contribution in [3.63, 3.8) is 0 Å². The Balaban J connectivity index is 1.97. The minimum absolute atomic E-state index is 0.0608. The topological polar surface area (TPSA) is 43.4 Å². The number of carbonyl (C=O) groups excluding carboxylic acids is 2. The van der Waals surface area contributed by atoms with E-state index < -0.39 is 0 Å². The van der Waals surface area contributed by atoms with Crippen LogP contribution >= 0.6 is 0 Å². The molecule has 1 aliphatic carbocycles. The van der Waals surface area contributed by atoms with Crippen molar-refractivity contribution in [2.24, 2.45) is 23.7 Å². The summed E-state index contributed by atoms with van der Waals surface area (Å²) in [6.07, 6.45) is 5.76. The van der Waals surface area contributed by atoms with Gasteiger partial charge in [0.05, 0.1) is 6.42 Å². The van der Waals surface area contributed by atoms with Gasteiger partial charge in [-0.25, -0.2) is 0 Å². The molecule has 0 spiro atoms. The van der Waals surface area contributed by atoms with Gasteiger partial charge in [0.25, 0.3) is 0 Å². The molecule has 1 unspecified atom stereocenters. The van der Waals surface area contributed by atoms with Gasteiger partial charge in [0, 0.05) is 18.3 Å². The molecule has 1 saturated heterocycles. The standard InChI is InChI=1S/C17H22O3/c1-4-5-6-11(2)15(18)8-7-13-12(3)9-16-14(13)10-17(19)20-16/h7-8,11-14,16H,6,9-10H2,1-3H3/b8-7+/t11?,12-,13+,14-,16+/m1/s1. The van der Waals surface area contributed by atoms with Crippen molar-refractivity contribution >= 4 is 11.8 Å². The lowest BCUT2D eigenvalue weighted by molar-refractivity contribution is -0.141. The fourth-order valence-corrected chi connectivity index (χ4v) is 3.24. The smallest absolute Gasteiger partial charge is 0.306 e. The Hall–Kier alpha value is -1.56. The minimum atomic E-state index is -0.0942. The molecule has 2 fully saturated rings. The van der Waals surface area contributed by atoms with Gasteiger partial charge in [0.2, 0.25) is 0 Å². The highest BCUT2D eigenvalue weighted by molar-refractivity contribution is 5.91. The number of esters is 1. The van der Waals surface area contributed by atoms with E-state index >= 15 is 0 Å². The van der Waals surface area contributed by atoms with Gasteiger partial charge in [0.1, 0.15) is 6.10 Å². The molecular formula is C17H22O3. The fourth-order valence-electron chi connectivity index (χ4n) is 3.24. The first-order chi connectivity index (χ1) is 9.52. The molecule has 0 aromatic rings. The van der Waals surface area contributed by atoms with Crippen molar-refractivity contribution < 1.29 is 14.3 Å². The van der Waals surface area contributed by atoms with Gasteiger partial charge in [-0.2, -0.15) is 0 Å². The molecule has 5 atom stereocenters. The summed E-state index contributed by atoms with van der Waals surface area (Å²) >= 11 is 0. The lowest BCUT2D eigenvalue weighted by Gasteiger charge is -2.15. The van der Waals surface area contributed by atoms with Crippen LogP contribution in [0.25, 0.3) is 0 Å². The summed E-state index contributed by atoms with van der Waals surface area (Å²) in [4.78, 5) is 23.4.